The van der Waals surface area contributed by atoms with Gasteiger partial charge in [0.15, 0.2) is 9.84 Å². The fourth-order valence-electron chi connectivity index (χ4n) is 0.938. The zero-order chi connectivity index (χ0) is 9.90. The second kappa shape index (κ2) is 3.92. The molecule has 0 aliphatic heterocycles. The van der Waals surface area contributed by atoms with E-state index >= 15 is 0 Å². The van der Waals surface area contributed by atoms with Crippen LogP contribution in [-0.4, -0.2) is 8.42 Å². The lowest BCUT2D eigenvalue weighted by Crippen LogP contribution is -2.09. The van der Waals surface area contributed by atoms with Crippen LogP contribution in [0.1, 0.15) is 19.4 Å². The molecule has 0 spiro atoms. The Morgan fingerprint density at radius 1 is 1.15 bits per heavy atom. The molecule has 0 atom stereocenters. The smallest absolute Gasteiger partial charge is 0.161 e. The molecule has 0 unspecified atom stereocenters. The molecule has 0 heterocycles. The van der Waals surface area contributed by atoms with E-state index in [1.165, 1.54) is 0 Å². The summed E-state index contributed by atoms with van der Waals surface area (Å²) in [7, 11) is -3.03. The van der Waals surface area contributed by atoms with E-state index in [1.807, 2.05) is 30.3 Å². The van der Waals surface area contributed by atoms with Gasteiger partial charge in [0.1, 0.15) is 0 Å². The van der Waals surface area contributed by atoms with Crippen LogP contribution in [0.2, 0.25) is 0 Å². The van der Waals surface area contributed by atoms with Crippen molar-refractivity contribution in [3.05, 3.63) is 41.1 Å². The average molecular weight is 197 g/mol. The Morgan fingerprint density at radius 2 is 1.69 bits per heavy atom. The van der Waals surface area contributed by atoms with Crippen molar-refractivity contribution >= 4 is 9.84 Å². The summed E-state index contributed by atoms with van der Waals surface area (Å²) in [5, 5.41) is 0.469. The van der Waals surface area contributed by atoms with Crippen LogP contribution < -0.4 is 0 Å². The highest BCUT2D eigenvalue weighted by atomic mass is 32.2. The Kier molecular flexibility index (Phi) is 3.09. The van der Waals surface area contributed by atoms with Crippen LogP contribution in [0.3, 0.4) is 0 Å². The van der Waals surface area contributed by atoms with Crippen molar-refractivity contribution < 1.29 is 8.42 Å². The van der Waals surface area contributed by atoms with Gasteiger partial charge in [-0.1, -0.05) is 30.3 Å². The summed E-state index contributed by atoms with van der Waals surface area (Å²) in [6, 6.07) is 9.20. The van der Waals surface area contributed by atoms with Crippen LogP contribution in [0.15, 0.2) is 30.3 Å². The summed E-state index contributed by atoms with van der Waals surface area (Å²) < 4.78 is 22.9. The molecule has 0 N–H and O–H groups in total. The molecule has 0 saturated heterocycles. The van der Waals surface area contributed by atoms with Crippen molar-refractivity contribution in [2.75, 3.05) is 0 Å². The summed E-state index contributed by atoms with van der Waals surface area (Å²) >= 11 is 0. The molecule has 0 saturated carbocycles. The van der Waals surface area contributed by atoms with E-state index in [1.54, 1.807) is 13.8 Å². The van der Waals surface area contributed by atoms with Gasteiger partial charge in [0, 0.05) is 0 Å². The SMILES string of the molecule is C[C](C)S(=O)(=O)Cc1ccccc1. The molecule has 1 aromatic carbocycles. The normalized spacial score (nSPS) is 11.9. The zero-order valence-electron chi connectivity index (χ0n) is 7.82. The van der Waals surface area contributed by atoms with Crippen molar-refractivity contribution in [1.29, 1.82) is 0 Å². The van der Waals surface area contributed by atoms with E-state index in [0.29, 0.717) is 5.25 Å². The van der Waals surface area contributed by atoms with Crippen molar-refractivity contribution in [3.8, 4) is 0 Å². The molecule has 1 rings (SSSR count). The summed E-state index contributed by atoms with van der Waals surface area (Å²) in [5.41, 5.74) is 0.837. The van der Waals surface area contributed by atoms with Crippen LogP contribution >= 0.6 is 0 Å². The number of benzene rings is 1. The van der Waals surface area contributed by atoms with Crippen LogP contribution in [0, 0.1) is 5.25 Å². The lowest BCUT2D eigenvalue weighted by atomic mass is 10.2. The molecular formula is C10H13O2S. The van der Waals surface area contributed by atoms with E-state index in [0.717, 1.165) is 5.56 Å². The Hall–Kier alpha value is -0.830. The van der Waals surface area contributed by atoms with Gasteiger partial charge >= 0.3 is 0 Å². The van der Waals surface area contributed by atoms with E-state index in [4.69, 9.17) is 0 Å². The monoisotopic (exact) mass is 197 g/mol. The first kappa shape index (κ1) is 10.3. The zero-order valence-corrected chi connectivity index (χ0v) is 8.64. The quantitative estimate of drug-likeness (QED) is 0.744. The first-order valence-corrected chi connectivity index (χ1v) is 5.74. The summed E-state index contributed by atoms with van der Waals surface area (Å²) in [5.74, 6) is 0.107. The highest BCUT2D eigenvalue weighted by Crippen LogP contribution is 2.14. The fraction of sp³-hybridized carbons (Fsp3) is 0.300. The number of hydrogen-bond donors (Lipinski definition) is 0. The minimum atomic E-state index is -3.03. The van der Waals surface area contributed by atoms with E-state index in [2.05, 4.69) is 0 Å². The van der Waals surface area contributed by atoms with Crippen LogP contribution in [0.25, 0.3) is 0 Å². The van der Waals surface area contributed by atoms with E-state index < -0.39 is 9.84 Å². The van der Waals surface area contributed by atoms with Gasteiger partial charge in [-0.2, -0.15) is 0 Å². The van der Waals surface area contributed by atoms with Crippen molar-refractivity contribution in [3.63, 3.8) is 0 Å². The molecule has 2 nitrogen and oxygen atoms in total. The molecule has 0 bridgehead atoms. The minimum Gasteiger partial charge on any atom is -0.228 e. The van der Waals surface area contributed by atoms with Gasteiger partial charge in [0.25, 0.3) is 0 Å². The van der Waals surface area contributed by atoms with Crippen molar-refractivity contribution in [2.24, 2.45) is 0 Å². The Balaban J connectivity index is 2.82. The van der Waals surface area contributed by atoms with Gasteiger partial charge in [-0.05, 0) is 19.4 Å². The number of sulfone groups is 1. The molecule has 71 valence electrons. The van der Waals surface area contributed by atoms with E-state index in [-0.39, 0.29) is 5.75 Å². The first-order chi connectivity index (χ1) is 6.02. The number of hydrogen-bond acceptors (Lipinski definition) is 2. The van der Waals surface area contributed by atoms with Gasteiger partial charge in [-0.25, -0.2) is 8.42 Å². The molecule has 3 heteroatoms. The van der Waals surface area contributed by atoms with Gasteiger partial charge < -0.3 is 0 Å². The molecular weight excluding hydrogens is 184 g/mol. The molecule has 0 aliphatic carbocycles. The van der Waals surface area contributed by atoms with Crippen LogP contribution in [-0.2, 0) is 15.6 Å². The third kappa shape index (κ3) is 2.84. The van der Waals surface area contributed by atoms with Gasteiger partial charge in [-0.15, -0.1) is 0 Å². The highest BCUT2D eigenvalue weighted by molar-refractivity contribution is 7.93. The Labute approximate surface area is 79.5 Å². The minimum absolute atomic E-state index is 0.107. The summed E-state index contributed by atoms with van der Waals surface area (Å²) in [6.07, 6.45) is 0. The largest absolute Gasteiger partial charge is 0.228 e. The molecule has 1 radical (unpaired) electrons. The fourth-order valence-corrected chi connectivity index (χ4v) is 1.86. The molecule has 0 fully saturated rings. The third-order valence-electron chi connectivity index (χ3n) is 1.82. The number of rotatable bonds is 3. The third-order valence-corrected chi connectivity index (χ3v) is 3.78. The predicted octanol–water partition coefficient (Wildman–Crippen LogP) is 2.17. The Bertz CT molecular complexity index is 352. The van der Waals surface area contributed by atoms with Gasteiger partial charge in [0.05, 0.1) is 11.0 Å². The topological polar surface area (TPSA) is 34.1 Å². The Morgan fingerprint density at radius 3 is 2.15 bits per heavy atom. The second-order valence-corrected chi connectivity index (χ2v) is 5.49. The maximum absolute atomic E-state index is 11.5. The maximum Gasteiger partial charge on any atom is 0.161 e. The van der Waals surface area contributed by atoms with E-state index in [9.17, 15) is 8.42 Å². The molecule has 0 amide bonds. The summed E-state index contributed by atoms with van der Waals surface area (Å²) in [6.45, 7) is 3.25. The highest BCUT2D eigenvalue weighted by Gasteiger charge is 2.16. The van der Waals surface area contributed by atoms with Crippen LogP contribution in [0.4, 0.5) is 0 Å². The lowest BCUT2D eigenvalue weighted by molar-refractivity contribution is 0.596. The average Bonchev–Trinajstić information content (AvgIpc) is 2.05. The predicted molar refractivity (Wildman–Crippen MR) is 53.7 cm³/mol. The van der Waals surface area contributed by atoms with Crippen molar-refractivity contribution in [1.82, 2.24) is 0 Å². The van der Waals surface area contributed by atoms with Gasteiger partial charge in [-0.3, -0.25) is 0 Å². The van der Waals surface area contributed by atoms with Crippen LogP contribution in [0.5, 0.6) is 0 Å². The molecule has 0 aliphatic rings. The first-order valence-electron chi connectivity index (χ1n) is 4.09. The lowest BCUT2D eigenvalue weighted by Gasteiger charge is -2.06. The molecule has 0 aromatic heterocycles. The second-order valence-electron chi connectivity index (χ2n) is 3.15. The summed E-state index contributed by atoms with van der Waals surface area (Å²) in [4.78, 5) is 0. The van der Waals surface area contributed by atoms with Gasteiger partial charge in [0.2, 0.25) is 0 Å². The standard InChI is InChI=1S/C10H13O2S/c1-9(2)13(11,12)8-10-6-4-3-5-7-10/h3-7H,8H2,1-2H3. The molecule has 13 heavy (non-hydrogen) atoms. The van der Waals surface area contributed by atoms with Crippen molar-refractivity contribution in [2.45, 2.75) is 19.6 Å². The maximum atomic E-state index is 11.5. The molecule has 1 aromatic rings.